The third-order valence-electron chi connectivity index (χ3n) is 3.09. The van der Waals surface area contributed by atoms with Crippen molar-refractivity contribution in [3.63, 3.8) is 0 Å². The predicted molar refractivity (Wildman–Crippen MR) is 80.6 cm³/mol. The van der Waals surface area contributed by atoms with Crippen LogP contribution < -0.4 is 5.48 Å². The van der Waals surface area contributed by atoms with Crippen LogP contribution in [-0.4, -0.2) is 31.7 Å². The molecule has 0 aliphatic rings. The van der Waals surface area contributed by atoms with Crippen molar-refractivity contribution in [1.82, 2.24) is 5.48 Å². The molecule has 6 nitrogen and oxygen atoms in total. The van der Waals surface area contributed by atoms with E-state index in [-0.39, 0.29) is 19.4 Å². The molecule has 0 fully saturated rings. The topological polar surface area (TPSA) is 73.9 Å². The Hall–Kier alpha value is -2.18. The molecule has 22 heavy (non-hydrogen) atoms. The van der Waals surface area contributed by atoms with Gasteiger partial charge < -0.3 is 9.47 Å². The lowest BCUT2D eigenvalue weighted by atomic mass is 9.92. The minimum absolute atomic E-state index is 0.156. The first-order valence-corrected chi connectivity index (χ1v) is 6.77. The Balaban J connectivity index is 2.80. The van der Waals surface area contributed by atoms with E-state index in [0.717, 1.165) is 5.56 Å². The predicted octanol–water partition coefficient (Wildman–Crippen LogP) is 1.76. The number of hydrogen-bond donors (Lipinski definition) is 1. The second-order valence-electron chi connectivity index (χ2n) is 4.70. The maximum absolute atomic E-state index is 12.1. The first kappa shape index (κ1) is 17.9. The normalized spacial score (nSPS) is 13.0. The van der Waals surface area contributed by atoms with E-state index >= 15 is 0 Å². The second-order valence-corrected chi connectivity index (χ2v) is 4.70. The molecular formula is C16H21NO5. The highest BCUT2D eigenvalue weighted by molar-refractivity contribution is 5.87. The summed E-state index contributed by atoms with van der Waals surface area (Å²) < 4.78 is 9.41. The van der Waals surface area contributed by atoms with Gasteiger partial charge in [0, 0.05) is 0 Å². The average molecular weight is 307 g/mol. The Morgan fingerprint density at radius 1 is 1.23 bits per heavy atom. The number of hydrogen-bond acceptors (Lipinski definition) is 6. The van der Waals surface area contributed by atoms with Gasteiger partial charge in [0.1, 0.15) is 0 Å². The molecule has 0 heterocycles. The summed E-state index contributed by atoms with van der Waals surface area (Å²) in [7, 11) is 2.50. The fraction of sp³-hybridized carbons (Fsp3) is 0.375. The van der Waals surface area contributed by atoms with Crippen LogP contribution in [-0.2, 0) is 30.5 Å². The van der Waals surface area contributed by atoms with E-state index in [2.05, 4.69) is 16.8 Å². The van der Waals surface area contributed by atoms with E-state index in [1.807, 2.05) is 30.3 Å². The summed E-state index contributed by atoms with van der Waals surface area (Å²) >= 11 is 0. The van der Waals surface area contributed by atoms with Gasteiger partial charge in [-0.3, -0.25) is 9.63 Å². The first-order chi connectivity index (χ1) is 10.6. The van der Waals surface area contributed by atoms with Crippen molar-refractivity contribution in [1.29, 1.82) is 0 Å². The molecule has 1 aromatic carbocycles. The SMILES string of the molecule is C=CCC(CC(=O)OC)(NOCc1ccccc1)C(=O)OC. The van der Waals surface area contributed by atoms with E-state index < -0.39 is 17.5 Å². The van der Waals surface area contributed by atoms with Crippen LogP contribution in [0.5, 0.6) is 0 Å². The van der Waals surface area contributed by atoms with Crippen LogP contribution in [0, 0.1) is 0 Å². The summed E-state index contributed by atoms with van der Waals surface area (Å²) in [6, 6.07) is 9.42. The fourth-order valence-electron chi connectivity index (χ4n) is 1.94. The number of carbonyl (C=O) groups excluding carboxylic acids is 2. The van der Waals surface area contributed by atoms with Gasteiger partial charge in [-0.15, -0.1) is 6.58 Å². The van der Waals surface area contributed by atoms with Crippen molar-refractivity contribution >= 4 is 11.9 Å². The highest BCUT2D eigenvalue weighted by atomic mass is 16.7. The van der Waals surface area contributed by atoms with Gasteiger partial charge in [0.2, 0.25) is 0 Å². The molecule has 0 saturated carbocycles. The quantitative estimate of drug-likeness (QED) is 0.426. The summed E-state index contributed by atoms with van der Waals surface area (Å²) in [5, 5.41) is 0. The smallest absolute Gasteiger partial charge is 0.329 e. The molecule has 1 unspecified atom stereocenters. The molecule has 0 amide bonds. The number of ether oxygens (including phenoxy) is 2. The maximum atomic E-state index is 12.1. The molecule has 0 aliphatic heterocycles. The molecule has 6 heteroatoms. The van der Waals surface area contributed by atoms with Crippen LogP contribution in [0.1, 0.15) is 18.4 Å². The highest BCUT2D eigenvalue weighted by Gasteiger charge is 2.41. The lowest BCUT2D eigenvalue weighted by Gasteiger charge is -2.29. The number of carbonyl (C=O) groups is 2. The molecule has 1 N–H and O–H groups in total. The zero-order chi connectivity index (χ0) is 16.4. The lowest BCUT2D eigenvalue weighted by molar-refractivity contribution is -0.164. The zero-order valence-electron chi connectivity index (χ0n) is 12.8. The summed E-state index contributed by atoms with van der Waals surface area (Å²) in [6.45, 7) is 3.84. The molecule has 0 spiro atoms. The Labute approximate surface area is 130 Å². The maximum Gasteiger partial charge on any atom is 0.329 e. The Morgan fingerprint density at radius 2 is 1.91 bits per heavy atom. The van der Waals surface area contributed by atoms with Crippen molar-refractivity contribution in [2.75, 3.05) is 14.2 Å². The van der Waals surface area contributed by atoms with Crippen molar-refractivity contribution in [3.05, 3.63) is 48.6 Å². The highest BCUT2D eigenvalue weighted by Crippen LogP contribution is 2.20. The van der Waals surface area contributed by atoms with E-state index in [9.17, 15) is 9.59 Å². The van der Waals surface area contributed by atoms with Crippen molar-refractivity contribution in [3.8, 4) is 0 Å². The summed E-state index contributed by atoms with van der Waals surface area (Å²) in [6.07, 6.45) is 1.44. The van der Waals surface area contributed by atoms with E-state index in [4.69, 9.17) is 9.57 Å². The molecule has 0 bridgehead atoms. The average Bonchev–Trinajstić information content (AvgIpc) is 2.54. The lowest BCUT2D eigenvalue weighted by Crippen LogP contribution is -2.53. The van der Waals surface area contributed by atoms with Gasteiger partial charge in [-0.05, 0) is 12.0 Å². The summed E-state index contributed by atoms with van der Waals surface area (Å²) in [4.78, 5) is 29.1. The van der Waals surface area contributed by atoms with Crippen LogP contribution in [0.3, 0.4) is 0 Å². The molecule has 120 valence electrons. The minimum Gasteiger partial charge on any atom is -0.469 e. The number of methoxy groups -OCH3 is 2. The molecule has 0 radical (unpaired) electrons. The van der Waals surface area contributed by atoms with E-state index in [1.54, 1.807) is 0 Å². The molecule has 1 rings (SSSR count). The van der Waals surface area contributed by atoms with Gasteiger partial charge in [-0.25, -0.2) is 4.79 Å². The third-order valence-corrected chi connectivity index (χ3v) is 3.09. The number of rotatable bonds is 9. The van der Waals surface area contributed by atoms with Gasteiger partial charge >= 0.3 is 11.9 Å². The molecule has 1 aromatic rings. The van der Waals surface area contributed by atoms with Crippen molar-refractivity contribution < 1.29 is 23.9 Å². The van der Waals surface area contributed by atoms with Gasteiger partial charge in [0.15, 0.2) is 5.54 Å². The van der Waals surface area contributed by atoms with E-state index in [1.165, 1.54) is 20.3 Å². The monoisotopic (exact) mass is 307 g/mol. The molecule has 0 saturated heterocycles. The van der Waals surface area contributed by atoms with Crippen molar-refractivity contribution in [2.24, 2.45) is 0 Å². The van der Waals surface area contributed by atoms with E-state index in [0.29, 0.717) is 0 Å². The number of benzene rings is 1. The van der Waals surface area contributed by atoms with Gasteiger partial charge in [-0.2, -0.15) is 5.48 Å². The molecule has 0 aromatic heterocycles. The van der Waals surface area contributed by atoms with Crippen LogP contribution in [0.2, 0.25) is 0 Å². The Bertz CT molecular complexity index is 503. The first-order valence-electron chi connectivity index (χ1n) is 6.77. The standard InChI is InChI=1S/C16H21NO5/c1-4-10-16(15(19)21-3,11-14(18)20-2)17-22-12-13-8-6-5-7-9-13/h4-9,17H,1,10-12H2,2-3H3. The van der Waals surface area contributed by atoms with Crippen LogP contribution in [0.25, 0.3) is 0 Å². The van der Waals surface area contributed by atoms with Crippen LogP contribution in [0.4, 0.5) is 0 Å². The van der Waals surface area contributed by atoms with Gasteiger partial charge in [0.25, 0.3) is 0 Å². The zero-order valence-corrected chi connectivity index (χ0v) is 12.8. The van der Waals surface area contributed by atoms with Gasteiger partial charge in [-0.1, -0.05) is 36.4 Å². The van der Waals surface area contributed by atoms with Crippen LogP contribution >= 0.6 is 0 Å². The third kappa shape index (κ3) is 4.98. The van der Waals surface area contributed by atoms with Crippen molar-refractivity contribution in [2.45, 2.75) is 25.0 Å². The fourth-order valence-corrected chi connectivity index (χ4v) is 1.94. The Morgan fingerprint density at radius 3 is 2.45 bits per heavy atom. The molecule has 0 aliphatic carbocycles. The minimum atomic E-state index is -1.36. The molecule has 1 atom stereocenters. The molecular weight excluding hydrogens is 286 g/mol. The van der Waals surface area contributed by atoms with Crippen LogP contribution in [0.15, 0.2) is 43.0 Å². The Kier molecular flexibility index (Phi) is 7.28. The number of esters is 2. The summed E-state index contributed by atoms with van der Waals surface area (Å²) in [5.74, 6) is -1.17. The summed E-state index contributed by atoms with van der Waals surface area (Å²) in [5.41, 5.74) is 2.21. The van der Waals surface area contributed by atoms with Gasteiger partial charge in [0.05, 0.1) is 27.2 Å². The number of nitrogens with one attached hydrogen (secondary N) is 1. The number of hydroxylamine groups is 1. The largest absolute Gasteiger partial charge is 0.469 e. The second kappa shape index (κ2) is 8.96.